The molecule has 114 valence electrons. The molecule has 7 heteroatoms. The average Bonchev–Trinajstić information content (AvgIpc) is 2.39. The molecule has 4 N–H and O–H groups in total. The van der Waals surface area contributed by atoms with Crippen molar-refractivity contribution in [3.05, 3.63) is 17.7 Å². The molecule has 0 spiro atoms. The van der Waals surface area contributed by atoms with Crippen molar-refractivity contribution in [3.63, 3.8) is 0 Å². The van der Waals surface area contributed by atoms with Crippen LogP contribution in [0.5, 0.6) is 5.75 Å². The number of benzene rings is 1. The van der Waals surface area contributed by atoms with Gasteiger partial charge in [0.1, 0.15) is 10.6 Å². The summed E-state index contributed by atoms with van der Waals surface area (Å²) in [4.78, 5) is 0.0271. The second-order valence-corrected chi connectivity index (χ2v) is 6.56. The molecule has 0 aliphatic rings. The number of ether oxygens (including phenoxy) is 1. The summed E-state index contributed by atoms with van der Waals surface area (Å²) in [6, 6.07) is 2.99. The Morgan fingerprint density at radius 1 is 1.45 bits per heavy atom. The van der Waals surface area contributed by atoms with Crippen molar-refractivity contribution in [1.29, 1.82) is 0 Å². The van der Waals surface area contributed by atoms with Crippen molar-refractivity contribution in [2.75, 3.05) is 26.0 Å². The van der Waals surface area contributed by atoms with Crippen LogP contribution in [-0.4, -0.2) is 33.8 Å². The minimum Gasteiger partial charge on any atom is -0.495 e. The van der Waals surface area contributed by atoms with Crippen LogP contribution in [-0.2, 0) is 10.0 Å². The highest BCUT2D eigenvalue weighted by Crippen LogP contribution is 2.28. The summed E-state index contributed by atoms with van der Waals surface area (Å²) in [5, 5.41) is 8.82. The zero-order valence-corrected chi connectivity index (χ0v) is 12.8. The van der Waals surface area contributed by atoms with Gasteiger partial charge in [-0.15, -0.1) is 0 Å². The molecular formula is C13H22N2O4S. The normalized spacial score (nSPS) is 13.2. The maximum Gasteiger partial charge on any atom is 0.244 e. The second kappa shape index (κ2) is 6.92. The predicted molar refractivity (Wildman–Crippen MR) is 78.2 cm³/mol. The fourth-order valence-electron chi connectivity index (χ4n) is 1.70. The van der Waals surface area contributed by atoms with Crippen LogP contribution in [0.1, 0.15) is 18.9 Å². The highest BCUT2D eigenvalue weighted by molar-refractivity contribution is 7.89. The summed E-state index contributed by atoms with van der Waals surface area (Å²) in [7, 11) is -2.28. The third-order valence-electron chi connectivity index (χ3n) is 3.09. The molecule has 1 unspecified atom stereocenters. The van der Waals surface area contributed by atoms with E-state index in [1.807, 2.05) is 6.92 Å². The van der Waals surface area contributed by atoms with Gasteiger partial charge in [0.15, 0.2) is 0 Å². The molecule has 0 bridgehead atoms. The molecule has 0 saturated carbocycles. The van der Waals surface area contributed by atoms with Crippen LogP contribution in [0.3, 0.4) is 0 Å². The van der Waals surface area contributed by atoms with E-state index in [-0.39, 0.29) is 29.7 Å². The highest BCUT2D eigenvalue weighted by Gasteiger charge is 2.21. The molecular weight excluding hydrogens is 280 g/mol. The van der Waals surface area contributed by atoms with E-state index in [1.54, 1.807) is 13.0 Å². The van der Waals surface area contributed by atoms with Crippen LogP contribution < -0.4 is 15.2 Å². The molecule has 6 nitrogen and oxygen atoms in total. The molecule has 1 aromatic rings. The van der Waals surface area contributed by atoms with Crippen molar-refractivity contribution in [2.24, 2.45) is 5.92 Å². The van der Waals surface area contributed by atoms with Crippen molar-refractivity contribution in [1.82, 2.24) is 4.72 Å². The van der Waals surface area contributed by atoms with Gasteiger partial charge in [-0.25, -0.2) is 13.1 Å². The number of nitrogens with two attached hydrogens (primary N) is 1. The van der Waals surface area contributed by atoms with Crippen LogP contribution >= 0.6 is 0 Å². The minimum atomic E-state index is -3.69. The molecule has 0 saturated heterocycles. The summed E-state index contributed by atoms with van der Waals surface area (Å²) in [6.45, 7) is 3.92. The number of hydrogen-bond acceptors (Lipinski definition) is 5. The zero-order valence-electron chi connectivity index (χ0n) is 12.0. The zero-order chi connectivity index (χ0) is 15.3. The fourth-order valence-corrected chi connectivity index (χ4v) is 3.05. The maximum atomic E-state index is 12.3. The number of sulfonamides is 1. The average molecular weight is 302 g/mol. The molecule has 1 rings (SSSR count). The van der Waals surface area contributed by atoms with Crippen molar-refractivity contribution in [3.8, 4) is 5.75 Å². The first-order valence-electron chi connectivity index (χ1n) is 6.36. The van der Waals surface area contributed by atoms with E-state index in [0.717, 1.165) is 5.56 Å². The number of methoxy groups -OCH3 is 1. The summed E-state index contributed by atoms with van der Waals surface area (Å²) in [6.07, 6.45) is 0.537. The molecule has 1 atom stereocenters. The number of hydrogen-bond donors (Lipinski definition) is 3. The van der Waals surface area contributed by atoms with Crippen LogP contribution in [0.4, 0.5) is 5.69 Å². The molecule has 0 amide bonds. The topological polar surface area (TPSA) is 102 Å². The smallest absolute Gasteiger partial charge is 0.244 e. The number of nitrogens with one attached hydrogen (secondary N) is 1. The van der Waals surface area contributed by atoms with E-state index in [0.29, 0.717) is 12.1 Å². The number of rotatable bonds is 7. The van der Waals surface area contributed by atoms with E-state index in [1.165, 1.54) is 13.2 Å². The van der Waals surface area contributed by atoms with Gasteiger partial charge in [0.05, 0.1) is 7.11 Å². The molecule has 1 aromatic carbocycles. The number of aliphatic hydroxyl groups is 1. The standard InChI is InChI=1S/C13H22N2O4S/c1-9(4-5-16)8-15-20(17,18)13-7-11(14)10(2)6-12(13)19-3/h6-7,9,15-16H,4-5,8,14H2,1-3H3. The first-order valence-corrected chi connectivity index (χ1v) is 7.84. The first-order chi connectivity index (χ1) is 9.31. The van der Waals surface area contributed by atoms with E-state index >= 15 is 0 Å². The molecule has 0 fully saturated rings. The van der Waals surface area contributed by atoms with Gasteiger partial charge in [0, 0.05) is 18.8 Å². The lowest BCUT2D eigenvalue weighted by Gasteiger charge is -2.15. The van der Waals surface area contributed by atoms with Gasteiger partial charge < -0.3 is 15.6 Å². The third kappa shape index (κ3) is 4.09. The molecule has 20 heavy (non-hydrogen) atoms. The van der Waals surface area contributed by atoms with Crippen LogP contribution in [0.2, 0.25) is 0 Å². The third-order valence-corrected chi connectivity index (χ3v) is 4.53. The largest absolute Gasteiger partial charge is 0.495 e. The van der Waals surface area contributed by atoms with E-state index < -0.39 is 10.0 Å². The van der Waals surface area contributed by atoms with E-state index in [9.17, 15) is 8.42 Å². The quantitative estimate of drug-likeness (QED) is 0.649. The summed E-state index contributed by atoms with van der Waals surface area (Å²) >= 11 is 0. The molecule has 0 radical (unpaired) electrons. The van der Waals surface area contributed by atoms with Gasteiger partial charge in [-0.3, -0.25) is 0 Å². The van der Waals surface area contributed by atoms with E-state index in [2.05, 4.69) is 4.72 Å². The molecule has 0 aromatic heterocycles. The fraction of sp³-hybridized carbons (Fsp3) is 0.538. The summed E-state index contributed by atoms with van der Waals surface area (Å²) in [5.41, 5.74) is 6.92. The van der Waals surface area contributed by atoms with Crippen molar-refractivity contribution in [2.45, 2.75) is 25.2 Å². The Balaban J connectivity index is 3.00. The van der Waals surface area contributed by atoms with Crippen molar-refractivity contribution >= 4 is 15.7 Å². The lowest BCUT2D eigenvalue weighted by Crippen LogP contribution is -2.29. The number of aryl methyl sites for hydroxylation is 1. The minimum absolute atomic E-state index is 0.0271. The van der Waals surface area contributed by atoms with Crippen LogP contribution in [0.25, 0.3) is 0 Å². The predicted octanol–water partition coefficient (Wildman–Crippen LogP) is 0.883. The Hall–Kier alpha value is -1.31. The monoisotopic (exact) mass is 302 g/mol. The Kier molecular flexibility index (Phi) is 5.79. The Morgan fingerprint density at radius 3 is 2.65 bits per heavy atom. The lowest BCUT2D eigenvalue weighted by atomic mass is 10.1. The first kappa shape index (κ1) is 16.7. The Bertz CT molecular complexity index is 558. The van der Waals surface area contributed by atoms with Gasteiger partial charge in [-0.05, 0) is 37.0 Å². The van der Waals surface area contributed by atoms with Crippen LogP contribution in [0, 0.1) is 12.8 Å². The van der Waals surface area contributed by atoms with Crippen LogP contribution in [0.15, 0.2) is 17.0 Å². The van der Waals surface area contributed by atoms with Gasteiger partial charge in [-0.2, -0.15) is 0 Å². The van der Waals surface area contributed by atoms with Gasteiger partial charge >= 0.3 is 0 Å². The molecule has 0 aliphatic carbocycles. The van der Waals surface area contributed by atoms with E-state index in [4.69, 9.17) is 15.6 Å². The Labute approximate surface area is 120 Å². The number of anilines is 1. The maximum absolute atomic E-state index is 12.3. The summed E-state index contributed by atoms with van der Waals surface area (Å²) in [5.74, 6) is 0.308. The number of aliphatic hydroxyl groups excluding tert-OH is 1. The lowest BCUT2D eigenvalue weighted by molar-refractivity contribution is 0.263. The van der Waals surface area contributed by atoms with Gasteiger partial charge in [-0.1, -0.05) is 6.92 Å². The highest BCUT2D eigenvalue weighted by atomic mass is 32.2. The molecule has 0 heterocycles. The van der Waals surface area contributed by atoms with Crippen molar-refractivity contribution < 1.29 is 18.3 Å². The van der Waals surface area contributed by atoms with Gasteiger partial charge in [0.2, 0.25) is 10.0 Å². The molecule has 0 aliphatic heterocycles. The van der Waals surface area contributed by atoms with Gasteiger partial charge in [0.25, 0.3) is 0 Å². The summed E-state index contributed by atoms with van der Waals surface area (Å²) < 4.78 is 32.2. The SMILES string of the molecule is COc1cc(C)c(N)cc1S(=O)(=O)NCC(C)CCO. The Morgan fingerprint density at radius 2 is 2.10 bits per heavy atom. The number of nitrogen functional groups attached to an aromatic ring is 1. The second-order valence-electron chi connectivity index (χ2n) is 4.83.